The zero-order valence-corrected chi connectivity index (χ0v) is 11.6. The Morgan fingerprint density at radius 2 is 1.89 bits per heavy atom. The van der Waals surface area contributed by atoms with Crippen molar-refractivity contribution in [2.45, 2.75) is 0 Å². The standard InChI is InChI=1S/C12H13Cl2N3O2/c13-8-2-1-3-9(10(8)14)16-11(18)12(19)17-6-4-15-5-7-17/h1-3,15H,4-7H2,(H,16,18). The Kier molecular flexibility index (Phi) is 4.63. The summed E-state index contributed by atoms with van der Waals surface area (Å²) in [4.78, 5) is 25.3. The number of halogens is 2. The van der Waals surface area contributed by atoms with Crippen molar-refractivity contribution in [1.82, 2.24) is 10.2 Å². The molecule has 0 spiro atoms. The minimum atomic E-state index is -0.703. The van der Waals surface area contributed by atoms with E-state index in [-0.39, 0.29) is 5.02 Å². The van der Waals surface area contributed by atoms with Gasteiger partial charge in [-0.1, -0.05) is 29.3 Å². The maximum Gasteiger partial charge on any atom is 0.313 e. The van der Waals surface area contributed by atoms with Crippen LogP contribution >= 0.6 is 23.2 Å². The highest BCUT2D eigenvalue weighted by molar-refractivity contribution is 6.45. The fourth-order valence-corrected chi connectivity index (χ4v) is 2.14. The molecule has 1 aromatic rings. The van der Waals surface area contributed by atoms with E-state index in [1.54, 1.807) is 18.2 Å². The number of benzene rings is 1. The van der Waals surface area contributed by atoms with Crippen molar-refractivity contribution in [3.63, 3.8) is 0 Å². The molecule has 1 fully saturated rings. The Morgan fingerprint density at radius 3 is 2.58 bits per heavy atom. The van der Waals surface area contributed by atoms with Crippen molar-refractivity contribution in [1.29, 1.82) is 0 Å². The SMILES string of the molecule is O=C(Nc1cccc(Cl)c1Cl)C(=O)N1CCNCC1. The molecule has 1 aliphatic heterocycles. The van der Waals surface area contributed by atoms with Crippen LogP contribution in [0.2, 0.25) is 10.0 Å². The Hall–Kier alpha value is -1.30. The van der Waals surface area contributed by atoms with E-state index in [1.165, 1.54) is 4.90 Å². The molecule has 0 aliphatic carbocycles. The molecule has 0 unspecified atom stereocenters. The van der Waals surface area contributed by atoms with Crippen LogP contribution in [0.4, 0.5) is 5.69 Å². The van der Waals surface area contributed by atoms with E-state index in [4.69, 9.17) is 23.2 Å². The number of carbonyl (C=O) groups is 2. The summed E-state index contributed by atoms with van der Waals surface area (Å²) in [5.41, 5.74) is 0.336. The van der Waals surface area contributed by atoms with Gasteiger partial charge in [0, 0.05) is 26.2 Å². The number of amides is 2. The first-order valence-corrected chi connectivity index (χ1v) is 6.60. The van der Waals surface area contributed by atoms with E-state index in [2.05, 4.69) is 10.6 Å². The van der Waals surface area contributed by atoms with Gasteiger partial charge in [-0.2, -0.15) is 0 Å². The predicted octanol–water partition coefficient (Wildman–Crippen LogP) is 1.36. The van der Waals surface area contributed by atoms with Gasteiger partial charge in [-0.05, 0) is 12.1 Å². The molecular formula is C12H13Cl2N3O2. The third kappa shape index (κ3) is 3.37. The number of nitrogens with zero attached hydrogens (tertiary/aromatic N) is 1. The topological polar surface area (TPSA) is 61.4 Å². The number of rotatable bonds is 1. The molecule has 102 valence electrons. The summed E-state index contributed by atoms with van der Waals surface area (Å²) in [6.45, 7) is 2.43. The predicted molar refractivity (Wildman–Crippen MR) is 74.5 cm³/mol. The van der Waals surface area contributed by atoms with Gasteiger partial charge in [0.25, 0.3) is 0 Å². The molecule has 1 saturated heterocycles. The second-order valence-electron chi connectivity index (χ2n) is 4.10. The first-order valence-electron chi connectivity index (χ1n) is 5.84. The van der Waals surface area contributed by atoms with Crippen LogP contribution in [0.25, 0.3) is 0 Å². The quantitative estimate of drug-likeness (QED) is 0.770. The third-order valence-corrected chi connectivity index (χ3v) is 3.62. The Morgan fingerprint density at radius 1 is 1.21 bits per heavy atom. The number of carbonyl (C=O) groups excluding carboxylic acids is 2. The highest BCUT2D eigenvalue weighted by Crippen LogP contribution is 2.29. The van der Waals surface area contributed by atoms with Gasteiger partial charge in [-0.25, -0.2) is 0 Å². The highest BCUT2D eigenvalue weighted by Gasteiger charge is 2.23. The van der Waals surface area contributed by atoms with Crippen LogP contribution in [0.5, 0.6) is 0 Å². The van der Waals surface area contributed by atoms with Crippen LogP contribution in [0.15, 0.2) is 18.2 Å². The van der Waals surface area contributed by atoms with Gasteiger partial charge in [-0.3, -0.25) is 9.59 Å². The minimum absolute atomic E-state index is 0.227. The molecule has 1 aliphatic rings. The summed E-state index contributed by atoms with van der Waals surface area (Å²) in [5, 5.41) is 6.15. The summed E-state index contributed by atoms with van der Waals surface area (Å²) < 4.78 is 0. The lowest BCUT2D eigenvalue weighted by Gasteiger charge is -2.26. The largest absolute Gasteiger partial charge is 0.332 e. The molecule has 19 heavy (non-hydrogen) atoms. The van der Waals surface area contributed by atoms with Crippen molar-refractivity contribution >= 4 is 40.7 Å². The maximum atomic E-state index is 11.9. The molecule has 2 amide bonds. The van der Waals surface area contributed by atoms with Crippen LogP contribution in [-0.2, 0) is 9.59 Å². The smallest absolute Gasteiger partial charge is 0.313 e. The lowest BCUT2D eigenvalue weighted by Crippen LogP contribution is -2.49. The van der Waals surface area contributed by atoms with Crippen molar-refractivity contribution in [2.24, 2.45) is 0 Å². The maximum absolute atomic E-state index is 11.9. The number of hydrogen-bond donors (Lipinski definition) is 2. The van der Waals surface area contributed by atoms with Gasteiger partial charge in [0.15, 0.2) is 0 Å². The van der Waals surface area contributed by atoms with E-state index >= 15 is 0 Å². The summed E-state index contributed by atoms with van der Waals surface area (Å²) in [5.74, 6) is -1.26. The molecular weight excluding hydrogens is 289 g/mol. The highest BCUT2D eigenvalue weighted by atomic mass is 35.5. The fourth-order valence-electron chi connectivity index (χ4n) is 1.79. The second kappa shape index (κ2) is 6.23. The average Bonchev–Trinajstić information content (AvgIpc) is 2.44. The first kappa shape index (κ1) is 14.1. The summed E-state index contributed by atoms with van der Waals surface area (Å²) in [6.07, 6.45) is 0. The molecule has 5 nitrogen and oxygen atoms in total. The zero-order chi connectivity index (χ0) is 13.8. The molecule has 0 aromatic heterocycles. The fraction of sp³-hybridized carbons (Fsp3) is 0.333. The summed E-state index contributed by atoms with van der Waals surface area (Å²) >= 11 is 11.8. The van der Waals surface area contributed by atoms with Crippen molar-refractivity contribution in [2.75, 3.05) is 31.5 Å². The lowest BCUT2D eigenvalue weighted by atomic mass is 10.3. The number of anilines is 1. The normalized spacial score (nSPS) is 15.2. The van der Waals surface area contributed by atoms with Gasteiger partial charge >= 0.3 is 11.8 Å². The van der Waals surface area contributed by atoms with Gasteiger partial charge in [0.2, 0.25) is 0 Å². The average molecular weight is 302 g/mol. The van der Waals surface area contributed by atoms with Gasteiger partial charge in [0.05, 0.1) is 15.7 Å². The summed E-state index contributed by atoms with van der Waals surface area (Å²) in [7, 11) is 0. The van der Waals surface area contributed by atoms with E-state index in [0.29, 0.717) is 36.9 Å². The van der Waals surface area contributed by atoms with Gasteiger partial charge < -0.3 is 15.5 Å². The zero-order valence-electron chi connectivity index (χ0n) is 10.1. The molecule has 2 rings (SSSR count). The number of piperazine rings is 1. The molecule has 7 heteroatoms. The summed E-state index contributed by atoms with van der Waals surface area (Å²) in [6, 6.07) is 4.86. The molecule has 1 heterocycles. The van der Waals surface area contributed by atoms with Crippen molar-refractivity contribution in [3.8, 4) is 0 Å². The van der Waals surface area contributed by atoms with E-state index < -0.39 is 11.8 Å². The number of nitrogens with one attached hydrogen (secondary N) is 2. The Bertz CT molecular complexity index is 502. The van der Waals surface area contributed by atoms with Gasteiger partial charge in [0.1, 0.15) is 0 Å². The lowest BCUT2D eigenvalue weighted by molar-refractivity contribution is -0.143. The first-order chi connectivity index (χ1) is 9.09. The van der Waals surface area contributed by atoms with Crippen LogP contribution < -0.4 is 10.6 Å². The van der Waals surface area contributed by atoms with E-state index in [1.807, 2.05) is 0 Å². The Labute approximate surface area is 120 Å². The minimum Gasteiger partial charge on any atom is -0.332 e. The van der Waals surface area contributed by atoms with Crippen LogP contribution in [0.1, 0.15) is 0 Å². The van der Waals surface area contributed by atoms with Crippen molar-refractivity contribution in [3.05, 3.63) is 28.2 Å². The van der Waals surface area contributed by atoms with Gasteiger partial charge in [-0.15, -0.1) is 0 Å². The molecule has 0 bridgehead atoms. The molecule has 0 atom stereocenters. The van der Waals surface area contributed by atoms with Crippen LogP contribution in [-0.4, -0.2) is 42.9 Å². The van der Waals surface area contributed by atoms with Crippen molar-refractivity contribution < 1.29 is 9.59 Å². The molecule has 0 radical (unpaired) electrons. The molecule has 0 saturated carbocycles. The van der Waals surface area contributed by atoms with Crippen LogP contribution in [0, 0.1) is 0 Å². The molecule has 1 aromatic carbocycles. The second-order valence-corrected chi connectivity index (χ2v) is 4.88. The van der Waals surface area contributed by atoms with Crippen LogP contribution in [0.3, 0.4) is 0 Å². The third-order valence-electron chi connectivity index (χ3n) is 2.80. The Balaban J connectivity index is 2.04. The monoisotopic (exact) mass is 301 g/mol. The molecule has 2 N–H and O–H groups in total. The number of hydrogen-bond acceptors (Lipinski definition) is 3. The van der Waals surface area contributed by atoms with E-state index in [9.17, 15) is 9.59 Å². The van der Waals surface area contributed by atoms with E-state index in [0.717, 1.165) is 0 Å².